The van der Waals surface area contributed by atoms with Crippen LogP contribution in [0.2, 0.25) is 0 Å². The van der Waals surface area contributed by atoms with Crippen LogP contribution in [0, 0.1) is 12.7 Å². The molecule has 8 heteroatoms. The third-order valence-corrected chi connectivity index (χ3v) is 6.00. The molecule has 3 aromatic rings. The minimum atomic E-state index is -0.311. The molecular weight excluding hydrogens is 413 g/mol. The first-order chi connectivity index (χ1) is 15.6. The van der Waals surface area contributed by atoms with E-state index in [-0.39, 0.29) is 24.4 Å². The van der Waals surface area contributed by atoms with Crippen molar-refractivity contribution >= 4 is 5.91 Å². The minimum Gasteiger partial charge on any atom is -0.473 e. The summed E-state index contributed by atoms with van der Waals surface area (Å²) < 4.78 is 30.2. The Kier molecular flexibility index (Phi) is 5.61. The second-order valence-corrected chi connectivity index (χ2v) is 8.14. The molecule has 0 radical (unpaired) electrons. The fourth-order valence-corrected chi connectivity index (χ4v) is 4.21. The van der Waals surface area contributed by atoms with Gasteiger partial charge in [-0.05, 0) is 50.1 Å². The van der Waals surface area contributed by atoms with E-state index in [2.05, 4.69) is 10.1 Å². The molecule has 5 rings (SSSR count). The van der Waals surface area contributed by atoms with Crippen LogP contribution in [0.4, 0.5) is 4.39 Å². The molecule has 1 unspecified atom stereocenters. The highest BCUT2D eigenvalue weighted by molar-refractivity contribution is 5.96. The van der Waals surface area contributed by atoms with E-state index in [0.717, 1.165) is 36.3 Å². The molecule has 7 nitrogen and oxygen atoms in total. The summed E-state index contributed by atoms with van der Waals surface area (Å²) in [4.78, 5) is 19.3. The molecular formula is C24H24FN3O4. The van der Waals surface area contributed by atoms with Gasteiger partial charge < -0.3 is 18.9 Å². The van der Waals surface area contributed by atoms with Gasteiger partial charge >= 0.3 is 0 Å². The van der Waals surface area contributed by atoms with Crippen LogP contribution in [0.3, 0.4) is 0 Å². The predicted octanol–water partition coefficient (Wildman–Crippen LogP) is 3.94. The van der Waals surface area contributed by atoms with Crippen molar-refractivity contribution in [3.63, 3.8) is 0 Å². The molecule has 32 heavy (non-hydrogen) atoms. The van der Waals surface area contributed by atoms with E-state index in [9.17, 15) is 9.18 Å². The average molecular weight is 437 g/mol. The number of nitrogens with zero attached hydrogens (tertiary/aromatic N) is 3. The van der Waals surface area contributed by atoms with Gasteiger partial charge in [0.1, 0.15) is 23.9 Å². The summed E-state index contributed by atoms with van der Waals surface area (Å²) in [7, 11) is 0. The summed E-state index contributed by atoms with van der Waals surface area (Å²) >= 11 is 0. The van der Waals surface area contributed by atoms with Gasteiger partial charge in [0.25, 0.3) is 5.91 Å². The molecule has 1 atom stereocenters. The number of aromatic nitrogens is 2. The molecule has 0 saturated carbocycles. The second-order valence-electron chi connectivity index (χ2n) is 8.14. The van der Waals surface area contributed by atoms with Crippen LogP contribution < -0.4 is 4.74 Å². The van der Waals surface area contributed by atoms with Gasteiger partial charge in [-0.3, -0.25) is 4.79 Å². The summed E-state index contributed by atoms with van der Waals surface area (Å²) in [6.45, 7) is 4.05. The summed E-state index contributed by atoms with van der Waals surface area (Å²) in [6.07, 6.45) is 2.88. The number of aryl methyl sites for hydroxylation is 1. The van der Waals surface area contributed by atoms with Crippen LogP contribution in [0.25, 0.3) is 11.3 Å². The zero-order valence-corrected chi connectivity index (χ0v) is 17.8. The third kappa shape index (κ3) is 4.10. The molecule has 166 valence electrons. The molecule has 4 heterocycles. The molecule has 0 aliphatic carbocycles. The summed E-state index contributed by atoms with van der Waals surface area (Å²) in [5.74, 6) is 0.750. The topological polar surface area (TPSA) is 77.7 Å². The van der Waals surface area contributed by atoms with Crippen molar-refractivity contribution in [3.8, 4) is 17.1 Å². The maximum Gasteiger partial charge on any atom is 0.255 e. The number of pyridine rings is 1. The van der Waals surface area contributed by atoms with Crippen LogP contribution in [0.5, 0.6) is 5.88 Å². The van der Waals surface area contributed by atoms with Crippen molar-refractivity contribution in [2.45, 2.75) is 38.9 Å². The number of halogens is 1. The number of carbonyl (C=O) groups is 1. The monoisotopic (exact) mass is 437 g/mol. The molecule has 2 aliphatic rings. The molecule has 1 fully saturated rings. The van der Waals surface area contributed by atoms with Gasteiger partial charge in [-0.1, -0.05) is 5.16 Å². The molecule has 1 amide bonds. The quantitative estimate of drug-likeness (QED) is 0.581. The second kappa shape index (κ2) is 8.70. The number of benzene rings is 1. The lowest BCUT2D eigenvalue weighted by Gasteiger charge is -2.30. The van der Waals surface area contributed by atoms with Crippen LogP contribution in [0.1, 0.15) is 40.2 Å². The smallest absolute Gasteiger partial charge is 0.255 e. The first kappa shape index (κ1) is 20.6. The molecule has 1 saturated heterocycles. The van der Waals surface area contributed by atoms with E-state index in [1.165, 1.54) is 12.1 Å². The minimum absolute atomic E-state index is 0.00530. The van der Waals surface area contributed by atoms with Crippen molar-refractivity contribution < 1.29 is 23.2 Å². The summed E-state index contributed by atoms with van der Waals surface area (Å²) in [5.41, 5.74) is 3.50. The van der Waals surface area contributed by atoms with E-state index < -0.39 is 0 Å². The number of rotatable bonds is 6. The average Bonchev–Trinajstić information content (AvgIpc) is 3.44. The lowest BCUT2D eigenvalue weighted by Crippen LogP contribution is -2.42. The molecule has 0 spiro atoms. The first-order valence-corrected chi connectivity index (χ1v) is 10.8. The summed E-state index contributed by atoms with van der Waals surface area (Å²) in [6, 6.07) is 9.57. The number of hydrogen-bond acceptors (Lipinski definition) is 6. The van der Waals surface area contributed by atoms with Gasteiger partial charge in [0, 0.05) is 37.7 Å². The molecule has 2 aromatic heterocycles. The molecule has 0 N–H and O–H groups in total. The molecule has 2 aliphatic heterocycles. The fraction of sp³-hybridized carbons (Fsp3) is 0.375. The highest BCUT2D eigenvalue weighted by Gasteiger charge is 2.29. The molecule has 0 bridgehead atoms. The highest BCUT2D eigenvalue weighted by Crippen LogP contribution is 2.28. The van der Waals surface area contributed by atoms with Gasteiger partial charge in [0.2, 0.25) is 5.88 Å². The Hall–Kier alpha value is -3.26. The number of fused-ring (bicyclic) bond motifs is 1. The van der Waals surface area contributed by atoms with E-state index in [0.29, 0.717) is 42.4 Å². The van der Waals surface area contributed by atoms with Gasteiger partial charge in [0.15, 0.2) is 0 Å². The standard InChI is InChI=1S/C24H24FN3O4/c1-15-20(23(27-32-15)16-4-6-17(25)7-5-16)14-31-22-9-8-19-21(26-22)10-11-28(24(19)29)13-18-3-2-12-30-18/h4-9,18H,2-3,10-14H2,1H3. The predicted molar refractivity (Wildman–Crippen MR) is 114 cm³/mol. The Bertz CT molecular complexity index is 1120. The first-order valence-electron chi connectivity index (χ1n) is 10.8. The Morgan fingerprint density at radius 1 is 1.22 bits per heavy atom. The van der Waals surface area contributed by atoms with Crippen LogP contribution in [-0.2, 0) is 17.8 Å². The number of carbonyl (C=O) groups excluding carboxylic acids is 1. The number of amides is 1. The van der Waals surface area contributed by atoms with Crippen molar-refractivity contribution in [1.82, 2.24) is 15.0 Å². The Morgan fingerprint density at radius 3 is 2.84 bits per heavy atom. The van der Waals surface area contributed by atoms with Crippen molar-refractivity contribution in [2.24, 2.45) is 0 Å². The SMILES string of the molecule is Cc1onc(-c2ccc(F)cc2)c1COc1ccc2c(n1)CCN(CC1CCCO1)C2=O. The largest absolute Gasteiger partial charge is 0.473 e. The Labute approximate surface area is 185 Å². The number of hydrogen-bond donors (Lipinski definition) is 0. The van der Waals surface area contributed by atoms with Gasteiger partial charge in [-0.25, -0.2) is 9.37 Å². The van der Waals surface area contributed by atoms with E-state index in [1.807, 2.05) is 4.90 Å². The fourth-order valence-electron chi connectivity index (χ4n) is 4.21. The zero-order chi connectivity index (χ0) is 22.1. The van der Waals surface area contributed by atoms with Gasteiger partial charge in [-0.2, -0.15) is 0 Å². The van der Waals surface area contributed by atoms with Crippen molar-refractivity contribution in [1.29, 1.82) is 0 Å². The summed E-state index contributed by atoms with van der Waals surface area (Å²) in [5, 5.41) is 4.10. The maximum atomic E-state index is 13.3. The van der Waals surface area contributed by atoms with Gasteiger partial charge in [0.05, 0.1) is 22.9 Å². The van der Waals surface area contributed by atoms with E-state index >= 15 is 0 Å². The molecule has 1 aromatic carbocycles. The van der Waals surface area contributed by atoms with E-state index in [4.69, 9.17) is 14.0 Å². The highest BCUT2D eigenvalue weighted by atomic mass is 19.1. The van der Waals surface area contributed by atoms with Crippen molar-refractivity contribution in [2.75, 3.05) is 19.7 Å². The Morgan fingerprint density at radius 2 is 2.06 bits per heavy atom. The van der Waals surface area contributed by atoms with Crippen LogP contribution in [-0.4, -0.2) is 46.7 Å². The maximum absolute atomic E-state index is 13.3. The van der Waals surface area contributed by atoms with Crippen LogP contribution >= 0.6 is 0 Å². The van der Waals surface area contributed by atoms with Crippen LogP contribution in [0.15, 0.2) is 40.9 Å². The normalized spacial score (nSPS) is 18.1. The zero-order valence-electron chi connectivity index (χ0n) is 17.8. The van der Waals surface area contributed by atoms with Gasteiger partial charge in [-0.15, -0.1) is 0 Å². The Balaban J connectivity index is 1.29. The third-order valence-electron chi connectivity index (χ3n) is 6.00. The van der Waals surface area contributed by atoms with Crippen molar-refractivity contribution in [3.05, 3.63) is 64.8 Å². The number of ether oxygens (including phenoxy) is 2. The lowest BCUT2D eigenvalue weighted by molar-refractivity contribution is 0.0508. The van der Waals surface area contributed by atoms with E-state index in [1.54, 1.807) is 31.2 Å². The lowest BCUT2D eigenvalue weighted by atomic mass is 10.0.